The SMILES string of the molecule is COc1ccc(OC)c(C(C)NC(=O)COC(=O)CSc2ccccc2)c1. The highest BCUT2D eigenvalue weighted by molar-refractivity contribution is 8.00. The molecule has 0 radical (unpaired) electrons. The molecule has 1 unspecified atom stereocenters. The van der Waals surface area contributed by atoms with Gasteiger partial charge >= 0.3 is 5.97 Å². The number of nitrogens with one attached hydrogen (secondary N) is 1. The molecule has 144 valence electrons. The number of thioether (sulfide) groups is 1. The molecule has 0 saturated heterocycles. The minimum Gasteiger partial charge on any atom is -0.497 e. The Bertz CT molecular complexity index is 766. The van der Waals surface area contributed by atoms with Gasteiger partial charge in [-0.2, -0.15) is 0 Å². The van der Waals surface area contributed by atoms with Crippen molar-refractivity contribution in [3.63, 3.8) is 0 Å². The van der Waals surface area contributed by atoms with Crippen molar-refractivity contribution in [1.29, 1.82) is 0 Å². The summed E-state index contributed by atoms with van der Waals surface area (Å²) in [6, 6.07) is 14.5. The maximum atomic E-state index is 12.1. The first-order chi connectivity index (χ1) is 13.0. The fraction of sp³-hybridized carbons (Fsp3) is 0.300. The van der Waals surface area contributed by atoms with Crippen LogP contribution < -0.4 is 14.8 Å². The normalized spacial score (nSPS) is 11.4. The zero-order valence-corrected chi connectivity index (χ0v) is 16.4. The Morgan fingerprint density at radius 2 is 1.81 bits per heavy atom. The van der Waals surface area contributed by atoms with Crippen molar-refractivity contribution >= 4 is 23.6 Å². The van der Waals surface area contributed by atoms with Crippen molar-refractivity contribution in [3.8, 4) is 11.5 Å². The molecule has 0 aliphatic heterocycles. The number of rotatable bonds is 9. The van der Waals surface area contributed by atoms with Gasteiger partial charge in [0.05, 0.1) is 26.0 Å². The molecule has 2 aromatic rings. The molecule has 2 aromatic carbocycles. The molecule has 1 amide bonds. The lowest BCUT2D eigenvalue weighted by Crippen LogP contribution is -2.31. The summed E-state index contributed by atoms with van der Waals surface area (Å²) in [5.41, 5.74) is 0.774. The zero-order valence-electron chi connectivity index (χ0n) is 15.6. The van der Waals surface area contributed by atoms with E-state index in [9.17, 15) is 9.59 Å². The first-order valence-corrected chi connectivity index (χ1v) is 9.36. The molecule has 0 heterocycles. The highest BCUT2D eigenvalue weighted by Gasteiger charge is 2.16. The quantitative estimate of drug-likeness (QED) is 0.524. The van der Waals surface area contributed by atoms with Crippen LogP contribution in [0.5, 0.6) is 11.5 Å². The van der Waals surface area contributed by atoms with Crippen molar-refractivity contribution in [1.82, 2.24) is 5.32 Å². The maximum absolute atomic E-state index is 12.1. The highest BCUT2D eigenvalue weighted by atomic mass is 32.2. The van der Waals surface area contributed by atoms with E-state index in [4.69, 9.17) is 14.2 Å². The van der Waals surface area contributed by atoms with Gasteiger partial charge in [0.15, 0.2) is 6.61 Å². The number of ether oxygens (including phenoxy) is 3. The number of esters is 1. The van der Waals surface area contributed by atoms with Crippen LogP contribution in [0.3, 0.4) is 0 Å². The Kier molecular flexibility index (Phi) is 8.00. The molecule has 0 aliphatic rings. The Labute approximate surface area is 163 Å². The van der Waals surface area contributed by atoms with Crippen LogP contribution >= 0.6 is 11.8 Å². The van der Waals surface area contributed by atoms with Crippen molar-refractivity contribution < 1.29 is 23.8 Å². The van der Waals surface area contributed by atoms with Gasteiger partial charge in [0.1, 0.15) is 11.5 Å². The summed E-state index contributed by atoms with van der Waals surface area (Å²) in [5.74, 6) is 0.628. The van der Waals surface area contributed by atoms with Gasteiger partial charge in [-0.15, -0.1) is 11.8 Å². The molecule has 2 rings (SSSR count). The third-order valence-corrected chi connectivity index (χ3v) is 4.73. The lowest BCUT2D eigenvalue weighted by molar-refractivity contribution is -0.146. The van der Waals surface area contributed by atoms with Gasteiger partial charge in [-0.25, -0.2) is 0 Å². The second-order valence-electron chi connectivity index (χ2n) is 5.66. The van der Waals surface area contributed by atoms with E-state index in [1.807, 2.05) is 37.3 Å². The number of methoxy groups -OCH3 is 2. The Balaban J connectivity index is 1.82. The van der Waals surface area contributed by atoms with E-state index in [0.717, 1.165) is 10.5 Å². The van der Waals surface area contributed by atoms with Gasteiger partial charge in [0.25, 0.3) is 5.91 Å². The van der Waals surface area contributed by atoms with E-state index in [1.54, 1.807) is 32.4 Å². The molecule has 27 heavy (non-hydrogen) atoms. The van der Waals surface area contributed by atoms with E-state index in [0.29, 0.717) is 11.5 Å². The summed E-state index contributed by atoms with van der Waals surface area (Å²) in [5, 5.41) is 2.79. The van der Waals surface area contributed by atoms with Gasteiger partial charge in [-0.1, -0.05) is 18.2 Å². The summed E-state index contributed by atoms with van der Waals surface area (Å²) in [4.78, 5) is 24.9. The molecule has 1 atom stereocenters. The van der Waals surface area contributed by atoms with Crippen LogP contribution in [0.4, 0.5) is 0 Å². The molecule has 6 nitrogen and oxygen atoms in total. The highest BCUT2D eigenvalue weighted by Crippen LogP contribution is 2.29. The van der Waals surface area contributed by atoms with E-state index < -0.39 is 5.97 Å². The van der Waals surface area contributed by atoms with Gasteiger partial charge in [-0.3, -0.25) is 9.59 Å². The monoisotopic (exact) mass is 389 g/mol. The third kappa shape index (κ3) is 6.53. The maximum Gasteiger partial charge on any atom is 0.316 e. The van der Waals surface area contributed by atoms with Crippen LogP contribution in [0.25, 0.3) is 0 Å². The first kappa shape index (κ1) is 20.6. The van der Waals surface area contributed by atoms with E-state index in [2.05, 4.69) is 5.32 Å². The molecule has 0 aliphatic carbocycles. The first-order valence-electron chi connectivity index (χ1n) is 8.38. The van der Waals surface area contributed by atoms with Crippen LogP contribution in [-0.4, -0.2) is 38.5 Å². The number of hydrogen-bond donors (Lipinski definition) is 1. The average Bonchev–Trinajstić information content (AvgIpc) is 2.70. The van der Waals surface area contributed by atoms with Crippen molar-refractivity contribution in [3.05, 3.63) is 54.1 Å². The Morgan fingerprint density at radius 1 is 1.07 bits per heavy atom. The van der Waals surface area contributed by atoms with Crippen LogP contribution in [0.1, 0.15) is 18.5 Å². The predicted molar refractivity (Wildman–Crippen MR) is 104 cm³/mol. The lowest BCUT2D eigenvalue weighted by Gasteiger charge is -2.18. The largest absolute Gasteiger partial charge is 0.497 e. The Hall–Kier alpha value is -2.67. The van der Waals surface area contributed by atoms with Crippen molar-refractivity contribution in [2.75, 3.05) is 26.6 Å². The molecule has 0 bridgehead atoms. The van der Waals surface area contributed by atoms with E-state index in [-0.39, 0.29) is 24.3 Å². The summed E-state index contributed by atoms with van der Waals surface area (Å²) in [6.45, 7) is 1.49. The molecule has 0 aromatic heterocycles. The number of amides is 1. The number of carbonyl (C=O) groups is 2. The molecule has 7 heteroatoms. The average molecular weight is 389 g/mol. The zero-order chi connectivity index (χ0) is 19.6. The molecule has 0 saturated carbocycles. The number of hydrogen-bond acceptors (Lipinski definition) is 6. The standard InChI is InChI=1S/C20H23NO5S/c1-14(17-11-15(24-2)9-10-18(17)25-3)21-19(22)12-26-20(23)13-27-16-7-5-4-6-8-16/h4-11,14H,12-13H2,1-3H3,(H,21,22). The molecule has 0 spiro atoms. The van der Waals surface area contributed by atoms with Crippen LogP contribution in [0.15, 0.2) is 53.4 Å². The summed E-state index contributed by atoms with van der Waals surface area (Å²) < 4.78 is 15.6. The minimum atomic E-state index is -0.439. The van der Waals surface area contributed by atoms with Crippen LogP contribution in [0, 0.1) is 0 Å². The van der Waals surface area contributed by atoms with E-state index >= 15 is 0 Å². The van der Waals surface area contributed by atoms with Crippen molar-refractivity contribution in [2.45, 2.75) is 17.9 Å². The second-order valence-corrected chi connectivity index (χ2v) is 6.71. The second kappa shape index (κ2) is 10.5. The molecular formula is C20H23NO5S. The fourth-order valence-corrected chi connectivity index (χ4v) is 3.10. The summed E-state index contributed by atoms with van der Waals surface area (Å²) >= 11 is 1.36. The smallest absolute Gasteiger partial charge is 0.316 e. The molecule has 1 N–H and O–H groups in total. The number of carbonyl (C=O) groups excluding carboxylic acids is 2. The van der Waals surface area contributed by atoms with Gasteiger partial charge < -0.3 is 19.5 Å². The topological polar surface area (TPSA) is 73.9 Å². The fourth-order valence-electron chi connectivity index (χ4n) is 2.39. The van der Waals surface area contributed by atoms with Crippen LogP contribution in [-0.2, 0) is 14.3 Å². The number of benzene rings is 2. The Morgan fingerprint density at radius 3 is 2.48 bits per heavy atom. The van der Waals surface area contributed by atoms with Gasteiger partial charge in [-0.05, 0) is 37.3 Å². The minimum absolute atomic E-state index is 0.149. The van der Waals surface area contributed by atoms with Gasteiger partial charge in [0, 0.05) is 10.5 Å². The lowest BCUT2D eigenvalue weighted by atomic mass is 10.1. The van der Waals surface area contributed by atoms with Crippen molar-refractivity contribution in [2.24, 2.45) is 0 Å². The molecule has 0 fully saturated rings. The van der Waals surface area contributed by atoms with E-state index in [1.165, 1.54) is 11.8 Å². The van der Waals surface area contributed by atoms with Crippen LogP contribution in [0.2, 0.25) is 0 Å². The van der Waals surface area contributed by atoms with Gasteiger partial charge in [0.2, 0.25) is 0 Å². The molecular weight excluding hydrogens is 366 g/mol. The summed E-state index contributed by atoms with van der Waals surface area (Å²) in [7, 11) is 3.13. The summed E-state index contributed by atoms with van der Waals surface area (Å²) in [6.07, 6.45) is 0. The third-order valence-electron chi connectivity index (χ3n) is 3.75. The predicted octanol–water partition coefficient (Wildman–Crippen LogP) is 3.22.